The Morgan fingerprint density at radius 1 is 1.24 bits per heavy atom. The predicted molar refractivity (Wildman–Crippen MR) is 90.5 cm³/mol. The first kappa shape index (κ1) is 14.5. The van der Waals surface area contributed by atoms with E-state index < -0.39 is 0 Å². The molecule has 1 aromatic carbocycles. The second-order valence-corrected chi connectivity index (χ2v) is 6.29. The van der Waals surface area contributed by atoms with Gasteiger partial charge in [0.2, 0.25) is 0 Å². The summed E-state index contributed by atoms with van der Waals surface area (Å²) in [6.45, 7) is 4.13. The molecule has 0 radical (unpaired) electrons. The fourth-order valence-corrected chi connectivity index (χ4v) is 3.03. The van der Waals surface area contributed by atoms with E-state index in [0.29, 0.717) is 12.3 Å². The predicted octanol–water partition coefficient (Wildman–Crippen LogP) is 4.58. The van der Waals surface area contributed by atoms with Gasteiger partial charge in [0.05, 0.1) is 5.69 Å². The van der Waals surface area contributed by atoms with Crippen molar-refractivity contribution in [2.24, 2.45) is 0 Å². The Morgan fingerprint density at radius 3 is 2.81 bits per heavy atom. The van der Waals surface area contributed by atoms with E-state index in [4.69, 9.17) is 16.6 Å². The van der Waals surface area contributed by atoms with E-state index >= 15 is 0 Å². The molecule has 21 heavy (non-hydrogen) atoms. The number of imidazole rings is 1. The van der Waals surface area contributed by atoms with Crippen LogP contribution in [0.3, 0.4) is 0 Å². The molecular weight excluding hydrogens is 350 g/mol. The fourth-order valence-electron chi connectivity index (χ4n) is 2.44. The van der Waals surface area contributed by atoms with E-state index in [0.717, 1.165) is 32.7 Å². The molecule has 3 rings (SSSR count). The number of fused-ring (bicyclic) bond motifs is 1. The van der Waals surface area contributed by atoms with Gasteiger partial charge in [0.1, 0.15) is 11.3 Å². The lowest BCUT2D eigenvalue weighted by Gasteiger charge is -2.11. The van der Waals surface area contributed by atoms with Crippen molar-refractivity contribution in [2.45, 2.75) is 20.3 Å². The minimum atomic E-state index is 0.534. The summed E-state index contributed by atoms with van der Waals surface area (Å²) in [6.07, 6.45) is 2.53. The van der Waals surface area contributed by atoms with Gasteiger partial charge in [0.25, 0.3) is 0 Å². The third-order valence-corrected chi connectivity index (χ3v) is 4.34. The van der Waals surface area contributed by atoms with Crippen LogP contribution in [-0.2, 0) is 6.42 Å². The van der Waals surface area contributed by atoms with Crippen LogP contribution in [0.4, 0.5) is 0 Å². The molecule has 2 heterocycles. The van der Waals surface area contributed by atoms with Crippen molar-refractivity contribution in [1.82, 2.24) is 14.5 Å². The van der Waals surface area contributed by atoms with Crippen molar-refractivity contribution in [3.63, 3.8) is 0 Å². The normalized spacial score (nSPS) is 11.2. The Morgan fingerprint density at radius 2 is 2.05 bits per heavy atom. The second-order valence-electron chi connectivity index (χ2n) is 5.06. The molecule has 108 valence electrons. The standard InChI is InChI=1S/C16H15BrClN3/c1-10-3-4-12(17)13(9-10)21-14(5-7-18)20-15-11(2)6-8-19-16(15)21/h3-4,6,8-9H,5,7H2,1-2H3. The molecule has 3 aromatic rings. The Kier molecular flexibility index (Phi) is 4.00. The zero-order valence-corrected chi connectivity index (χ0v) is 14.2. The summed E-state index contributed by atoms with van der Waals surface area (Å²) in [7, 11) is 0. The number of alkyl halides is 1. The van der Waals surface area contributed by atoms with Crippen LogP contribution in [0.5, 0.6) is 0 Å². The van der Waals surface area contributed by atoms with Gasteiger partial charge < -0.3 is 0 Å². The number of aromatic nitrogens is 3. The van der Waals surface area contributed by atoms with Crippen LogP contribution >= 0.6 is 27.5 Å². The molecule has 0 fully saturated rings. The molecule has 0 aliphatic rings. The third kappa shape index (κ3) is 2.58. The van der Waals surface area contributed by atoms with Crippen LogP contribution in [0.15, 0.2) is 34.9 Å². The van der Waals surface area contributed by atoms with E-state index in [1.54, 1.807) is 0 Å². The number of halogens is 2. The van der Waals surface area contributed by atoms with Crippen LogP contribution in [0, 0.1) is 13.8 Å². The Labute approximate surface area is 137 Å². The average molecular weight is 365 g/mol. The Balaban J connectivity index is 2.36. The number of nitrogens with zero attached hydrogens (tertiary/aromatic N) is 3. The third-order valence-electron chi connectivity index (χ3n) is 3.48. The molecule has 0 bridgehead atoms. The highest BCUT2D eigenvalue weighted by Gasteiger charge is 2.16. The van der Waals surface area contributed by atoms with Crippen molar-refractivity contribution >= 4 is 38.7 Å². The van der Waals surface area contributed by atoms with Crippen LogP contribution in [-0.4, -0.2) is 20.4 Å². The summed E-state index contributed by atoms with van der Waals surface area (Å²) in [6, 6.07) is 8.24. The molecule has 0 saturated carbocycles. The van der Waals surface area contributed by atoms with Gasteiger partial charge in [0, 0.05) is 23.0 Å². The number of rotatable bonds is 3. The van der Waals surface area contributed by atoms with Gasteiger partial charge in [0.15, 0.2) is 5.65 Å². The molecule has 0 N–H and O–H groups in total. The largest absolute Gasteiger partial charge is 0.280 e. The monoisotopic (exact) mass is 363 g/mol. The molecular formula is C16H15BrClN3. The lowest BCUT2D eigenvalue weighted by atomic mass is 10.2. The fraction of sp³-hybridized carbons (Fsp3) is 0.250. The first-order chi connectivity index (χ1) is 10.1. The van der Waals surface area contributed by atoms with E-state index in [1.165, 1.54) is 5.56 Å². The van der Waals surface area contributed by atoms with Crippen LogP contribution < -0.4 is 0 Å². The number of hydrogen-bond acceptors (Lipinski definition) is 2. The lowest BCUT2D eigenvalue weighted by molar-refractivity contribution is 0.901. The lowest BCUT2D eigenvalue weighted by Crippen LogP contribution is -2.04. The minimum absolute atomic E-state index is 0.534. The van der Waals surface area contributed by atoms with Gasteiger partial charge in [-0.05, 0) is 59.1 Å². The van der Waals surface area contributed by atoms with Crippen LogP contribution in [0.1, 0.15) is 17.0 Å². The maximum Gasteiger partial charge on any atom is 0.164 e. The van der Waals surface area contributed by atoms with Gasteiger partial charge in [-0.25, -0.2) is 9.97 Å². The Hall–Kier alpha value is -1.39. The molecule has 0 unspecified atom stereocenters. The van der Waals surface area contributed by atoms with Gasteiger partial charge in [-0.1, -0.05) is 6.07 Å². The topological polar surface area (TPSA) is 30.7 Å². The molecule has 0 aliphatic heterocycles. The van der Waals surface area contributed by atoms with E-state index in [2.05, 4.69) is 57.5 Å². The maximum atomic E-state index is 5.95. The highest BCUT2D eigenvalue weighted by Crippen LogP contribution is 2.28. The smallest absolute Gasteiger partial charge is 0.164 e. The van der Waals surface area contributed by atoms with Crippen LogP contribution in [0.25, 0.3) is 16.9 Å². The quantitative estimate of drug-likeness (QED) is 0.637. The molecule has 0 saturated heterocycles. The molecule has 5 heteroatoms. The SMILES string of the molecule is Cc1ccc(Br)c(-n2c(CCCl)nc3c(C)ccnc32)c1. The van der Waals surface area contributed by atoms with Gasteiger partial charge >= 0.3 is 0 Å². The minimum Gasteiger partial charge on any atom is -0.280 e. The summed E-state index contributed by atoms with van der Waals surface area (Å²) in [5.41, 5.74) is 5.18. The zero-order valence-electron chi connectivity index (χ0n) is 11.9. The first-order valence-corrected chi connectivity index (χ1v) is 8.10. The summed E-state index contributed by atoms with van der Waals surface area (Å²) in [4.78, 5) is 9.27. The van der Waals surface area contributed by atoms with Crippen molar-refractivity contribution in [2.75, 3.05) is 5.88 Å². The van der Waals surface area contributed by atoms with E-state index in [9.17, 15) is 0 Å². The van der Waals surface area contributed by atoms with Crippen molar-refractivity contribution in [1.29, 1.82) is 0 Å². The Bertz CT molecular complexity index is 811. The van der Waals surface area contributed by atoms with Gasteiger partial charge in [-0.15, -0.1) is 11.6 Å². The summed E-state index contributed by atoms with van der Waals surface area (Å²) < 4.78 is 3.12. The van der Waals surface area contributed by atoms with Gasteiger partial charge in [-0.3, -0.25) is 4.57 Å². The zero-order chi connectivity index (χ0) is 15.0. The number of pyridine rings is 1. The maximum absolute atomic E-state index is 5.95. The number of benzene rings is 1. The van der Waals surface area contributed by atoms with E-state index in [-0.39, 0.29) is 0 Å². The van der Waals surface area contributed by atoms with E-state index in [1.807, 2.05) is 12.3 Å². The van der Waals surface area contributed by atoms with Gasteiger partial charge in [-0.2, -0.15) is 0 Å². The first-order valence-electron chi connectivity index (χ1n) is 6.77. The highest BCUT2D eigenvalue weighted by atomic mass is 79.9. The second kappa shape index (κ2) is 5.78. The van der Waals surface area contributed by atoms with Crippen LogP contribution in [0.2, 0.25) is 0 Å². The van der Waals surface area contributed by atoms with Crippen molar-refractivity contribution < 1.29 is 0 Å². The highest BCUT2D eigenvalue weighted by molar-refractivity contribution is 9.10. The molecule has 3 nitrogen and oxygen atoms in total. The summed E-state index contributed by atoms with van der Waals surface area (Å²) in [5.74, 6) is 1.47. The van der Waals surface area contributed by atoms with Crippen molar-refractivity contribution in [3.8, 4) is 5.69 Å². The van der Waals surface area contributed by atoms with Crippen molar-refractivity contribution in [3.05, 3.63) is 51.9 Å². The summed E-state index contributed by atoms with van der Waals surface area (Å²) >= 11 is 9.58. The molecule has 0 aliphatic carbocycles. The molecule has 0 amide bonds. The average Bonchev–Trinajstić information content (AvgIpc) is 2.82. The molecule has 0 spiro atoms. The number of hydrogen-bond donors (Lipinski definition) is 0. The number of aryl methyl sites for hydroxylation is 3. The summed E-state index contributed by atoms with van der Waals surface area (Å²) in [5, 5.41) is 0. The molecule has 0 atom stereocenters. The molecule has 2 aromatic heterocycles.